The summed E-state index contributed by atoms with van der Waals surface area (Å²) in [5.74, 6) is 0. The third-order valence-corrected chi connectivity index (χ3v) is 2.41. The monoisotopic (exact) mass is 216 g/mol. The second kappa shape index (κ2) is 4.77. The first-order chi connectivity index (χ1) is 6.66. The molecule has 1 atom stereocenters. The first-order valence-corrected chi connectivity index (χ1v) is 4.88. The molecule has 0 spiro atoms. The molecule has 0 bridgehead atoms. The van der Waals surface area contributed by atoms with Gasteiger partial charge in [-0.15, -0.1) is 0 Å². The molecule has 0 saturated carbocycles. The molecule has 7 heteroatoms. The van der Waals surface area contributed by atoms with Crippen molar-refractivity contribution < 1.29 is 13.3 Å². The van der Waals surface area contributed by atoms with Crippen LogP contribution in [0.4, 0.5) is 5.69 Å². The summed E-state index contributed by atoms with van der Waals surface area (Å²) in [6, 6.07) is 2.64. The summed E-state index contributed by atoms with van der Waals surface area (Å²) in [6.07, 6.45) is 1.33. The number of pyridine rings is 1. The van der Waals surface area contributed by atoms with Gasteiger partial charge in [0.05, 0.1) is 11.5 Å². The van der Waals surface area contributed by atoms with Gasteiger partial charge in [0.2, 0.25) is 16.1 Å². The van der Waals surface area contributed by atoms with E-state index in [9.17, 15) is 14.3 Å². The molecule has 1 unspecified atom stereocenters. The molecule has 1 heterocycles. The van der Waals surface area contributed by atoms with E-state index in [2.05, 4.69) is 4.98 Å². The summed E-state index contributed by atoms with van der Waals surface area (Å²) in [5.41, 5.74) is -0.292. The maximum Gasteiger partial charge on any atom is 0.306 e. The molecule has 0 radical (unpaired) electrons. The Morgan fingerprint density at radius 1 is 1.71 bits per heavy atom. The predicted octanol–water partition coefficient (Wildman–Crippen LogP) is 1.05. The molecular formula is C7H8N2O4S. The normalized spacial score (nSPS) is 12.4. The number of nitro groups is 1. The molecule has 76 valence electrons. The molecule has 1 aromatic rings. The lowest BCUT2D eigenvalue weighted by atomic mass is 10.4. The van der Waals surface area contributed by atoms with Crippen LogP contribution in [0.1, 0.15) is 6.92 Å². The summed E-state index contributed by atoms with van der Waals surface area (Å²) in [5, 5.41) is 10.4. The Kier molecular flexibility index (Phi) is 3.66. The van der Waals surface area contributed by atoms with Crippen LogP contribution >= 0.6 is 0 Å². The molecule has 14 heavy (non-hydrogen) atoms. The summed E-state index contributed by atoms with van der Waals surface area (Å²) in [6.45, 7) is 1.85. The second-order valence-corrected chi connectivity index (χ2v) is 3.32. The zero-order valence-corrected chi connectivity index (χ0v) is 8.19. The van der Waals surface area contributed by atoms with Crippen molar-refractivity contribution in [1.29, 1.82) is 0 Å². The predicted molar refractivity (Wildman–Crippen MR) is 48.9 cm³/mol. The van der Waals surface area contributed by atoms with Gasteiger partial charge in [0.25, 0.3) is 0 Å². The van der Waals surface area contributed by atoms with Crippen molar-refractivity contribution in [2.45, 2.75) is 11.9 Å². The van der Waals surface area contributed by atoms with Crippen molar-refractivity contribution in [1.82, 2.24) is 4.98 Å². The highest BCUT2D eigenvalue weighted by atomic mass is 32.2. The highest BCUT2D eigenvalue weighted by Gasteiger charge is 2.20. The summed E-state index contributed by atoms with van der Waals surface area (Å²) < 4.78 is 16.0. The van der Waals surface area contributed by atoms with E-state index in [4.69, 9.17) is 4.18 Å². The summed E-state index contributed by atoms with van der Waals surface area (Å²) in [7, 11) is 0. The molecule has 0 aliphatic rings. The van der Waals surface area contributed by atoms with Gasteiger partial charge >= 0.3 is 5.69 Å². The maximum atomic E-state index is 11.3. The minimum atomic E-state index is -1.87. The van der Waals surface area contributed by atoms with Crippen molar-refractivity contribution in [3.8, 4) is 0 Å². The highest BCUT2D eigenvalue weighted by molar-refractivity contribution is 7.80. The van der Waals surface area contributed by atoms with Crippen molar-refractivity contribution in [2.24, 2.45) is 0 Å². The Morgan fingerprint density at radius 2 is 2.43 bits per heavy atom. The van der Waals surface area contributed by atoms with E-state index in [0.29, 0.717) is 0 Å². The van der Waals surface area contributed by atoms with Crippen molar-refractivity contribution in [3.05, 3.63) is 28.4 Å². The molecule has 0 aromatic carbocycles. The first kappa shape index (κ1) is 10.7. The zero-order valence-electron chi connectivity index (χ0n) is 7.37. The fourth-order valence-electron chi connectivity index (χ4n) is 0.813. The van der Waals surface area contributed by atoms with E-state index < -0.39 is 16.0 Å². The Bertz CT molecular complexity index is 368. The van der Waals surface area contributed by atoms with Crippen LogP contribution in [0.3, 0.4) is 0 Å². The van der Waals surface area contributed by atoms with E-state index in [-0.39, 0.29) is 17.3 Å². The third kappa shape index (κ3) is 2.33. The molecule has 0 N–H and O–H groups in total. The zero-order chi connectivity index (χ0) is 10.6. The summed E-state index contributed by atoms with van der Waals surface area (Å²) in [4.78, 5) is 13.5. The van der Waals surface area contributed by atoms with E-state index in [0.717, 1.165) is 0 Å². The van der Waals surface area contributed by atoms with E-state index in [1.807, 2.05) is 0 Å². The van der Waals surface area contributed by atoms with Crippen LogP contribution in [-0.4, -0.2) is 20.7 Å². The molecule has 6 nitrogen and oxygen atoms in total. The van der Waals surface area contributed by atoms with Crippen LogP contribution in [0.2, 0.25) is 0 Å². The van der Waals surface area contributed by atoms with Crippen molar-refractivity contribution >= 4 is 16.8 Å². The van der Waals surface area contributed by atoms with Gasteiger partial charge in [-0.05, 0) is 13.0 Å². The first-order valence-electron chi connectivity index (χ1n) is 3.81. The minimum absolute atomic E-state index is 0.153. The Morgan fingerprint density at radius 3 is 3.00 bits per heavy atom. The Balaban J connectivity index is 3.07. The van der Waals surface area contributed by atoms with Crippen LogP contribution in [-0.2, 0) is 15.3 Å². The minimum Gasteiger partial charge on any atom is -0.286 e. The fourth-order valence-corrected chi connectivity index (χ4v) is 1.60. The molecule has 0 amide bonds. The molecule has 1 rings (SSSR count). The standard InChI is InChI=1S/C7H8N2O4S/c1-2-13-14(12)7-6(9(10)11)4-3-5-8-7/h3-5H,2H2,1H3. The van der Waals surface area contributed by atoms with E-state index >= 15 is 0 Å². The highest BCUT2D eigenvalue weighted by Crippen LogP contribution is 2.18. The number of hydrogen-bond donors (Lipinski definition) is 0. The van der Waals surface area contributed by atoms with Crippen LogP contribution in [0.15, 0.2) is 23.4 Å². The van der Waals surface area contributed by atoms with Gasteiger partial charge in [-0.25, -0.2) is 9.19 Å². The van der Waals surface area contributed by atoms with Crippen LogP contribution in [0, 0.1) is 10.1 Å². The van der Waals surface area contributed by atoms with Crippen LogP contribution in [0.5, 0.6) is 0 Å². The Hall–Kier alpha value is -1.34. The van der Waals surface area contributed by atoms with E-state index in [1.54, 1.807) is 6.92 Å². The fraction of sp³-hybridized carbons (Fsp3) is 0.286. The molecular weight excluding hydrogens is 208 g/mol. The SMILES string of the molecule is CCOS(=O)c1ncccc1[N+](=O)[O-]. The van der Waals surface area contributed by atoms with Crippen LogP contribution < -0.4 is 0 Å². The lowest BCUT2D eigenvalue weighted by Gasteiger charge is -1.99. The average molecular weight is 216 g/mol. The van der Waals surface area contributed by atoms with Gasteiger partial charge in [-0.1, -0.05) is 0 Å². The smallest absolute Gasteiger partial charge is 0.286 e. The number of nitrogens with zero attached hydrogens (tertiary/aromatic N) is 2. The average Bonchev–Trinajstić information content (AvgIpc) is 2.18. The summed E-state index contributed by atoms with van der Waals surface area (Å²) >= 11 is -1.87. The lowest BCUT2D eigenvalue weighted by Crippen LogP contribution is -2.03. The van der Waals surface area contributed by atoms with Crippen LogP contribution in [0.25, 0.3) is 0 Å². The third-order valence-electron chi connectivity index (χ3n) is 1.33. The largest absolute Gasteiger partial charge is 0.306 e. The number of aromatic nitrogens is 1. The van der Waals surface area contributed by atoms with Gasteiger partial charge in [-0.2, -0.15) is 0 Å². The van der Waals surface area contributed by atoms with Crippen molar-refractivity contribution in [2.75, 3.05) is 6.61 Å². The van der Waals surface area contributed by atoms with Gasteiger partial charge in [0, 0.05) is 12.3 Å². The molecule has 0 fully saturated rings. The number of hydrogen-bond acceptors (Lipinski definition) is 5. The molecule has 1 aromatic heterocycles. The maximum absolute atomic E-state index is 11.3. The van der Waals surface area contributed by atoms with E-state index in [1.165, 1.54) is 18.3 Å². The molecule has 0 aliphatic heterocycles. The van der Waals surface area contributed by atoms with Gasteiger partial charge in [0.15, 0.2) is 0 Å². The van der Waals surface area contributed by atoms with Crippen molar-refractivity contribution in [3.63, 3.8) is 0 Å². The Labute approximate surface area is 82.7 Å². The lowest BCUT2D eigenvalue weighted by molar-refractivity contribution is -0.388. The van der Waals surface area contributed by atoms with Gasteiger partial charge in [-0.3, -0.25) is 14.3 Å². The quantitative estimate of drug-likeness (QED) is 0.555. The van der Waals surface area contributed by atoms with Gasteiger partial charge in [0.1, 0.15) is 0 Å². The molecule has 0 aliphatic carbocycles. The number of rotatable bonds is 4. The van der Waals surface area contributed by atoms with Gasteiger partial charge < -0.3 is 0 Å². The topological polar surface area (TPSA) is 82.3 Å². The second-order valence-electron chi connectivity index (χ2n) is 2.23. The molecule has 0 saturated heterocycles.